The lowest BCUT2D eigenvalue weighted by atomic mass is 10.0. The molecule has 0 bridgehead atoms. The third-order valence-corrected chi connectivity index (χ3v) is 2.80. The third kappa shape index (κ3) is 3.70. The first kappa shape index (κ1) is 12.3. The van der Waals surface area contributed by atoms with Crippen LogP contribution in [0.1, 0.15) is 16.7 Å². The highest BCUT2D eigenvalue weighted by Gasteiger charge is 2.00. The first-order valence-corrected chi connectivity index (χ1v) is 5.92. The van der Waals surface area contributed by atoms with E-state index in [1.54, 1.807) is 6.20 Å². The molecule has 2 aromatic rings. The van der Waals surface area contributed by atoms with Crippen LogP contribution in [-0.2, 0) is 24.1 Å². The monoisotopic (exact) mass is 241 g/mol. The number of carboxylic acids is 1. The first-order chi connectivity index (χ1) is 8.74. The lowest BCUT2D eigenvalue weighted by Gasteiger charge is -2.03. The van der Waals surface area contributed by atoms with Gasteiger partial charge in [0, 0.05) is 12.4 Å². The maximum Gasteiger partial charge on any atom is 0.307 e. The molecule has 0 amide bonds. The first-order valence-electron chi connectivity index (χ1n) is 5.92. The summed E-state index contributed by atoms with van der Waals surface area (Å²) in [6.07, 6.45) is 5.62. The van der Waals surface area contributed by atoms with Gasteiger partial charge in [-0.1, -0.05) is 30.3 Å². The summed E-state index contributed by atoms with van der Waals surface area (Å²) in [5.74, 6) is -0.793. The topological polar surface area (TPSA) is 50.2 Å². The fourth-order valence-electron chi connectivity index (χ4n) is 1.83. The number of carboxylic acid groups (broad SMARTS) is 1. The predicted octanol–water partition coefficient (Wildman–Crippen LogP) is 2.49. The maximum absolute atomic E-state index is 10.6. The Bertz CT molecular complexity index is 506. The molecular weight excluding hydrogens is 226 g/mol. The Morgan fingerprint density at radius 3 is 2.28 bits per heavy atom. The van der Waals surface area contributed by atoms with Crippen LogP contribution in [0.15, 0.2) is 48.8 Å². The van der Waals surface area contributed by atoms with Crippen molar-refractivity contribution < 1.29 is 9.90 Å². The second kappa shape index (κ2) is 5.96. The summed E-state index contributed by atoms with van der Waals surface area (Å²) in [5, 5.41) is 8.68. The van der Waals surface area contributed by atoms with Crippen molar-refractivity contribution in [1.82, 2.24) is 4.98 Å². The summed E-state index contributed by atoms with van der Waals surface area (Å²) in [7, 11) is 0. The number of rotatable bonds is 5. The van der Waals surface area contributed by atoms with E-state index in [1.807, 2.05) is 36.5 Å². The van der Waals surface area contributed by atoms with Crippen molar-refractivity contribution in [3.05, 3.63) is 65.5 Å². The number of hydrogen-bond acceptors (Lipinski definition) is 2. The van der Waals surface area contributed by atoms with Gasteiger partial charge in [0.1, 0.15) is 0 Å². The van der Waals surface area contributed by atoms with E-state index in [9.17, 15) is 4.79 Å². The van der Waals surface area contributed by atoms with Crippen LogP contribution in [0.5, 0.6) is 0 Å². The van der Waals surface area contributed by atoms with E-state index in [-0.39, 0.29) is 6.42 Å². The minimum atomic E-state index is -0.793. The Morgan fingerprint density at radius 1 is 1.00 bits per heavy atom. The number of hydrogen-bond donors (Lipinski definition) is 1. The summed E-state index contributed by atoms with van der Waals surface area (Å²) in [5.41, 5.74) is 3.27. The molecule has 0 fully saturated rings. The molecule has 0 aliphatic rings. The van der Waals surface area contributed by atoms with Gasteiger partial charge in [-0.3, -0.25) is 9.78 Å². The highest BCUT2D eigenvalue weighted by Crippen LogP contribution is 2.09. The molecule has 0 aliphatic carbocycles. The Labute approximate surface area is 106 Å². The molecule has 0 unspecified atom stereocenters. The summed E-state index contributed by atoms with van der Waals surface area (Å²) < 4.78 is 0. The smallest absolute Gasteiger partial charge is 0.307 e. The number of aliphatic carboxylic acids is 1. The van der Waals surface area contributed by atoms with Crippen LogP contribution < -0.4 is 0 Å². The molecule has 3 heteroatoms. The molecule has 0 saturated carbocycles. The SMILES string of the molecule is O=C(O)Cc1ccc(CCc2cccnc2)cc1. The zero-order valence-electron chi connectivity index (χ0n) is 10.0. The van der Waals surface area contributed by atoms with Gasteiger partial charge in [0.15, 0.2) is 0 Å². The van der Waals surface area contributed by atoms with E-state index in [4.69, 9.17) is 5.11 Å². The minimum Gasteiger partial charge on any atom is -0.481 e. The normalized spacial score (nSPS) is 10.2. The van der Waals surface area contributed by atoms with Crippen molar-refractivity contribution in [3.63, 3.8) is 0 Å². The molecule has 0 spiro atoms. The van der Waals surface area contributed by atoms with E-state index >= 15 is 0 Å². The van der Waals surface area contributed by atoms with E-state index in [1.165, 1.54) is 11.1 Å². The summed E-state index contributed by atoms with van der Waals surface area (Å²) in [4.78, 5) is 14.6. The number of aromatic nitrogens is 1. The molecule has 0 atom stereocenters. The molecule has 3 nitrogen and oxygen atoms in total. The average Bonchev–Trinajstić information content (AvgIpc) is 2.38. The number of aryl methyl sites for hydroxylation is 2. The van der Waals surface area contributed by atoms with Crippen LogP contribution >= 0.6 is 0 Å². The van der Waals surface area contributed by atoms with Crippen molar-refractivity contribution in [1.29, 1.82) is 0 Å². The van der Waals surface area contributed by atoms with E-state index in [2.05, 4.69) is 11.1 Å². The number of nitrogens with zero attached hydrogens (tertiary/aromatic N) is 1. The van der Waals surface area contributed by atoms with Crippen LogP contribution in [0.2, 0.25) is 0 Å². The molecule has 0 aliphatic heterocycles. The summed E-state index contributed by atoms with van der Waals surface area (Å²) in [6.45, 7) is 0. The van der Waals surface area contributed by atoms with Crippen molar-refractivity contribution >= 4 is 5.97 Å². The molecule has 1 aromatic heterocycles. The molecule has 92 valence electrons. The zero-order valence-corrected chi connectivity index (χ0v) is 10.0. The standard InChI is InChI=1S/C15H15NO2/c17-15(18)10-13-6-3-12(4-7-13)5-8-14-2-1-9-16-11-14/h1-4,6-7,9,11H,5,8,10H2,(H,17,18). The van der Waals surface area contributed by atoms with Gasteiger partial charge in [0.25, 0.3) is 0 Å². The molecule has 1 aromatic carbocycles. The van der Waals surface area contributed by atoms with Gasteiger partial charge in [0.05, 0.1) is 6.42 Å². The second-order valence-electron chi connectivity index (χ2n) is 4.25. The largest absolute Gasteiger partial charge is 0.481 e. The molecule has 18 heavy (non-hydrogen) atoms. The molecule has 0 radical (unpaired) electrons. The van der Waals surface area contributed by atoms with Crippen molar-refractivity contribution in [3.8, 4) is 0 Å². The maximum atomic E-state index is 10.6. The van der Waals surface area contributed by atoms with Gasteiger partial charge in [-0.25, -0.2) is 0 Å². The highest BCUT2D eigenvalue weighted by atomic mass is 16.4. The lowest BCUT2D eigenvalue weighted by molar-refractivity contribution is -0.136. The molecule has 1 heterocycles. The van der Waals surface area contributed by atoms with E-state index < -0.39 is 5.97 Å². The van der Waals surface area contributed by atoms with Crippen LogP contribution in [0.25, 0.3) is 0 Å². The second-order valence-corrected chi connectivity index (χ2v) is 4.25. The minimum absolute atomic E-state index is 0.0862. The predicted molar refractivity (Wildman–Crippen MR) is 69.4 cm³/mol. The van der Waals surface area contributed by atoms with Crippen LogP contribution in [0, 0.1) is 0 Å². The lowest BCUT2D eigenvalue weighted by Crippen LogP contribution is -2.00. The highest BCUT2D eigenvalue weighted by molar-refractivity contribution is 5.70. The van der Waals surface area contributed by atoms with Gasteiger partial charge < -0.3 is 5.11 Å². The third-order valence-electron chi connectivity index (χ3n) is 2.80. The average molecular weight is 241 g/mol. The van der Waals surface area contributed by atoms with Crippen LogP contribution in [0.3, 0.4) is 0 Å². The Morgan fingerprint density at radius 2 is 1.67 bits per heavy atom. The zero-order chi connectivity index (χ0) is 12.8. The van der Waals surface area contributed by atoms with Crippen LogP contribution in [0.4, 0.5) is 0 Å². The number of benzene rings is 1. The Balaban J connectivity index is 1.92. The van der Waals surface area contributed by atoms with Gasteiger partial charge in [0.2, 0.25) is 0 Å². The summed E-state index contributed by atoms with van der Waals surface area (Å²) in [6, 6.07) is 11.7. The quantitative estimate of drug-likeness (QED) is 0.875. The fraction of sp³-hybridized carbons (Fsp3) is 0.200. The van der Waals surface area contributed by atoms with Gasteiger partial charge in [-0.15, -0.1) is 0 Å². The fourth-order valence-corrected chi connectivity index (χ4v) is 1.83. The van der Waals surface area contributed by atoms with Gasteiger partial charge in [-0.2, -0.15) is 0 Å². The molecule has 2 rings (SSSR count). The van der Waals surface area contributed by atoms with Crippen molar-refractivity contribution in [2.75, 3.05) is 0 Å². The number of carbonyl (C=O) groups is 1. The van der Waals surface area contributed by atoms with E-state index in [0.717, 1.165) is 18.4 Å². The summed E-state index contributed by atoms with van der Waals surface area (Å²) >= 11 is 0. The van der Waals surface area contributed by atoms with Gasteiger partial charge in [-0.05, 0) is 35.6 Å². The van der Waals surface area contributed by atoms with Gasteiger partial charge >= 0.3 is 5.97 Å². The molecular formula is C15H15NO2. The van der Waals surface area contributed by atoms with Crippen molar-refractivity contribution in [2.24, 2.45) is 0 Å². The van der Waals surface area contributed by atoms with E-state index in [0.29, 0.717) is 0 Å². The molecule has 0 saturated heterocycles. The van der Waals surface area contributed by atoms with Crippen molar-refractivity contribution in [2.45, 2.75) is 19.3 Å². The number of pyridine rings is 1. The Hall–Kier alpha value is -2.16. The molecule has 1 N–H and O–H groups in total. The van der Waals surface area contributed by atoms with Crippen LogP contribution in [-0.4, -0.2) is 16.1 Å². The Kier molecular flexibility index (Phi) is 4.07.